The van der Waals surface area contributed by atoms with Crippen molar-refractivity contribution < 1.29 is 4.79 Å². The van der Waals surface area contributed by atoms with Crippen molar-refractivity contribution in [3.8, 4) is 0 Å². The number of amides is 2. The molecule has 6 nitrogen and oxygen atoms in total. The van der Waals surface area contributed by atoms with Gasteiger partial charge in [-0.2, -0.15) is 0 Å². The van der Waals surface area contributed by atoms with Crippen LogP contribution >= 0.6 is 0 Å². The van der Waals surface area contributed by atoms with Gasteiger partial charge in [0.05, 0.1) is 12.2 Å². The zero-order valence-electron chi connectivity index (χ0n) is 14.6. The number of benzene rings is 2. The number of carbonyl (C=O) groups is 1. The van der Waals surface area contributed by atoms with E-state index in [1.807, 2.05) is 74.4 Å². The van der Waals surface area contributed by atoms with E-state index in [9.17, 15) is 4.79 Å². The molecule has 3 aromatic rings. The van der Waals surface area contributed by atoms with E-state index in [2.05, 4.69) is 20.6 Å². The lowest BCUT2D eigenvalue weighted by molar-refractivity contribution is 0.251. The normalized spacial score (nSPS) is 10.5. The first-order valence-corrected chi connectivity index (χ1v) is 8.07. The highest BCUT2D eigenvalue weighted by Gasteiger charge is 2.07. The smallest absolute Gasteiger partial charge is 0.319 e. The monoisotopic (exact) mass is 335 g/mol. The summed E-state index contributed by atoms with van der Waals surface area (Å²) in [5.74, 6) is 0.631. The summed E-state index contributed by atoms with van der Waals surface area (Å²) in [6.07, 6.45) is 0. The first-order valence-electron chi connectivity index (χ1n) is 8.07. The average molecular weight is 335 g/mol. The third kappa shape index (κ3) is 4.23. The van der Waals surface area contributed by atoms with Gasteiger partial charge in [0.15, 0.2) is 0 Å². The van der Waals surface area contributed by atoms with E-state index in [1.54, 1.807) is 0 Å². The van der Waals surface area contributed by atoms with E-state index in [0.717, 1.165) is 27.8 Å². The number of nitrogens with one attached hydrogen (secondary N) is 2. The van der Waals surface area contributed by atoms with Gasteiger partial charge in [-0.25, -0.2) is 14.8 Å². The zero-order valence-corrected chi connectivity index (χ0v) is 14.6. The molecular weight excluding hydrogens is 314 g/mol. The molecule has 0 bridgehead atoms. The van der Waals surface area contributed by atoms with Gasteiger partial charge in [-0.15, -0.1) is 0 Å². The summed E-state index contributed by atoms with van der Waals surface area (Å²) in [5.41, 5.74) is 2.39. The van der Waals surface area contributed by atoms with Crippen LogP contribution in [0.4, 0.5) is 16.4 Å². The quantitative estimate of drug-likeness (QED) is 0.767. The van der Waals surface area contributed by atoms with E-state index in [4.69, 9.17) is 0 Å². The van der Waals surface area contributed by atoms with Crippen LogP contribution < -0.4 is 15.5 Å². The lowest BCUT2D eigenvalue weighted by atomic mass is 10.1. The Morgan fingerprint density at radius 2 is 1.80 bits per heavy atom. The highest BCUT2D eigenvalue weighted by Crippen LogP contribution is 2.18. The van der Waals surface area contributed by atoms with Crippen molar-refractivity contribution in [3.05, 3.63) is 59.9 Å². The van der Waals surface area contributed by atoms with Gasteiger partial charge in [0.25, 0.3) is 0 Å². The van der Waals surface area contributed by atoms with Crippen molar-refractivity contribution in [2.24, 2.45) is 0 Å². The molecule has 0 saturated heterocycles. The minimum absolute atomic E-state index is 0.266. The lowest BCUT2D eigenvalue weighted by Crippen LogP contribution is -2.29. The van der Waals surface area contributed by atoms with Crippen molar-refractivity contribution in [1.82, 2.24) is 15.3 Å². The number of rotatable bonds is 4. The van der Waals surface area contributed by atoms with Gasteiger partial charge in [-0.3, -0.25) is 0 Å². The number of aromatic nitrogens is 2. The van der Waals surface area contributed by atoms with Crippen LogP contribution in [0.2, 0.25) is 0 Å². The number of urea groups is 1. The SMILES string of the molecule is Cc1cc(CNC(=O)Nc2ccc3ccccc3c2)nc(N(C)C)n1. The third-order valence-electron chi connectivity index (χ3n) is 3.73. The highest BCUT2D eigenvalue weighted by atomic mass is 16.2. The van der Waals surface area contributed by atoms with E-state index >= 15 is 0 Å². The largest absolute Gasteiger partial charge is 0.347 e. The maximum atomic E-state index is 12.1. The molecule has 0 aliphatic rings. The minimum atomic E-state index is -0.266. The molecule has 2 N–H and O–H groups in total. The molecule has 0 radical (unpaired) electrons. The molecule has 0 atom stereocenters. The molecule has 0 aliphatic carbocycles. The molecule has 128 valence electrons. The fraction of sp³-hybridized carbons (Fsp3) is 0.211. The molecule has 0 fully saturated rings. The molecule has 1 heterocycles. The van der Waals surface area contributed by atoms with Crippen LogP contribution in [0, 0.1) is 6.92 Å². The Labute approximate surface area is 146 Å². The van der Waals surface area contributed by atoms with Gasteiger partial charge >= 0.3 is 6.03 Å². The number of nitrogens with zero attached hydrogens (tertiary/aromatic N) is 3. The van der Waals surface area contributed by atoms with Gasteiger partial charge in [-0.1, -0.05) is 30.3 Å². The third-order valence-corrected chi connectivity index (χ3v) is 3.73. The summed E-state index contributed by atoms with van der Waals surface area (Å²) in [5, 5.41) is 7.91. The van der Waals surface area contributed by atoms with Gasteiger partial charge < -0.3 is 15.5 Å². The Bertz CT molecular complexity index is 907. The Hall–Kier alpha value is -3.15. The van der Waals surface area contributed by atoms with Crippen LogP contribution in [0.3, 0.4) is 0 Å². The second-order valence-electron chi connectivity index (χ2n) is 6.06. The van der Waals surface area contributed by atoms with Crippen LogP contribution in [-0.2, 0) is 6.54 Å². The maximum Gasteiger partial charge on any atom is 0.319 e. The fourth-order valence-electron chi connectivity index (χ4n) is 2.52. The molecule has 0 spiro atoms. The zero-order chi connectivity index (χ0) is 17.8. The van der Waals surface area contributed by atoms with Crippen molar-refractivity contribution in [2.75, 3.05) is 24.3 Å². The van der Waals surface area contributed by atoms with Crippen molar-refractivity contribution in [2.45, 2.75) is 13.5 Å². The fourth-order valence-corrected chi connectivity index (χ4v) is 2.52. The van der Waals surface area contributed by atoms with Crippen LogP contribution in [0.1, 0.15) is 11.4 Å². The maximum absolute atomic E-state index is 12.1. The van der Waals surface area contributed by atoms with E-state index in [-0.39, 0.29) is 6.03 Å². The van der Waals surface area contributed by atoms with Gasteiger partial charge in [0.2, 0.25) is 5.95 Å². The van der Waals surface area contributed by atoms with Crippen LogP contribution in [-0.4, -0.2) is 30.1 Å². The Balaban J connectivity index is 1.64. The van der Waals surface area contributed by atoms with Crippen LogP contribution in [0.5, 0.6) is 0 Å². The topological polar surface area (TPSA) is 70.2 Å². The summed E-state index contributed by atoms with van der Waals surface area (Å²) in [6, 6.07) is 15.5. The molecule has 3 rings (SSSR count). The summed E-state index contributed by atoms with van der Waals surface area (Å²) >= 11 is 0. The molecule has 0 saturated carbocycles. The molecular formula is C19H21N5O. The van der Waals surface area contributed by atoms with Gasteiger partial charge in [0.1, 0.15) is 0 Å². The number of aryl methyl sites for hydroxylation is 1. The number of anilines is 2. The number of fused-ring (bicyclic) bond motifs is 1. The Morgan fingerprint density at radius 3 is 2.56 bits per heavy atom. The Morgan fingerprint density at radius 1 is 1.04 bits per heavy atom. The van der Waals surface area contributed by atoms with Gasteiger partial charge in [0, 0.05) is 25.5 Å². The minimum Gasteiger partial charge on any atom is -0.347 e. The molecule has 2 aromatic carbocycles. The van der Waals surface area contributed by atoms with Crippen molar-refractivity contribution >= 4 is 28.4 Å². The average Bonchev–Trinajstić information content (AvgIpc) is 2.59. The van der Waals surface area contributed by atoms with Crippen molar-refractivity contribution in [3.63, 3.8) is 0 Å². The Kier molecular flexibility index (Phi) is 4.79. The predicted molar refractivity (Wildman–Crippen MR) is 101 cm³/mol. The van der Waals surface area contributed by atoms with E-state index in [0.29, 0.717) is 12.5 Å². The summed E-state index contributed by atoms with van der Waals surface area (Å²) in [4.78, 5) is 22.8. The molecule has 2 amide bonds. The van der Waals surface area contributed by atoms with E-state index in [1.165, 1.54) is 0 Å². The lowest BCUT2D eigenvalue weighted by Gasteiger charge is -2.13. The van der Waals surface area contributed by atoms with Crippen LogP contribution in [0.15, 0.2) is 48.5 Å². The van der Waals surface area contributed by atoms with E-state index < -0.39 is 0 Å². The molecule has 6 heteroatoms. The number of hydrogen-bond acceptors (Lipinski definition) is 4. The molecule has 1 aromatic heterocycles. The summed E-state index contributed by atoms with van der Waals surface area (Å²) < 4.78 is 0. The number of carbonyl (C=O) groups excluding carboxylic acids is 1. The number of hydrogen-bond donors (Lipinski definition) is 2. The first kappa shape index (κ1) is 16.7. The molecule has 0 aliphatic heterocycles. The summed E-state index contributed by atoms with van der Waals surface area (Å²) in [7, 11) is 3.77. The molecule has 25 heavy (non-hydrogen) atoms. The standard InChI is InChI=1S/C19H21N5O/c1-13-10-17(22-18(21-13)24(2)3)12-20-19(25)23-16-9-8-14-6-4-5-7-15(14)11-16/h4-11H,12H2,1-3H3,(H2,20,23,25). The second kappa shape index (κ2) is 7.17. The summed E-state index contributed by atoms with van der Waals surface area (Å²) in [6.45, 7) is 2.25. The second-order valence-corrected chi connectivity index (χ2v) is 6.06. The first-order chi connectivity index (χ1) is 12.0. The van der Waals surface area contributed by atoms with Gasteiger partial charge in [-0.05, 0) is 35.9 Å². The molecule has 0 unspecified atom stereocenters. The highest BCUT2D eigenvalue weighted by molar-refractivity contribution is 5.93. The van der Waals surface area contributed by atoms with Crippen LogP contribution in [0.25, 0.3) is 10.8 Å². The van der Waals surface area contributed by atoms with Crippen molar-refractivity contribution in [1.29, 1.82) is 0 Å². The predicted octanol–water partition coefficient (Wildman–Crippen LogP) is 3.33.